The number of rotatable bonds is 5. The number of para-hydroxylation sites is 1. The number of ether oxygens (including phenoxy) is 2. The Bertz CT molecular complexity index is 415. The van der Waals surface area contributed by atoms with E-state index in [1.165, 1.54) is 13.5 Å². The second kappa shape index (κ2) is 6.23. The van der Waals surface area contributed by atoms with Gasteiger partial charge in [-0.2, -0.15) is 0 Å². The van der Waals surface area contributed by atoms with Crippen LogP contribution < -0.4 is 4.74 Å². The highest BCUT2D eigenvalue weighted by molar-refractivity contribution is 9.10. The normalized spacial score (nSPS) is 16.8. The molecular weight excluding hydrogens is 296 g/mol. The first-order valence-corrected chi connectivity index (χ1v) is 6.97. The predicted octanol–water partition coefficient (Wildman–Crippen LogP) is 3.42. The van der Waals surface area contributed by atoms with Crippen molar-refractivity contribution in [1.82, 2.24) is 0 Å². The van der Waals surface area contributed by atoms with Crippen LogP contribution in [0, 0.1) is 11.8 Å². The van der Waals surface area contributed by atoms with Crippen molar-refractivity contribution >= 4 is 21.9 Å². The van der Waals surface area contributed by atoms with Gasteiger partial charge in [0.2, 0.25) is 0 Å². The fourth-order valence-corrected chi connectivity index (χ4v) is 2.53. The molecule has 0 radical (unpaired) electrons. The number of carbonyl (C=O) groups is 1. The summed E-state index contributed by atoms with van der Waals surface area (Å²) in [5.41, 5.74) is 0. The molecule has 98 valence electrons. The Morgan fingerprint density at radius 2 is 2.17 bits per heavy atom. The smallest absolute Gasteiger partial charge is 0.312 e. The molecule has 1 aliphatic carbocycles. The van der Waals surface area contributed by atoms with E-state index >= 15 is 0 Å². The molecule has 0 saturated heterocycles. The molecule has 1 atom stereocenters. The Labute approximate surface area is 116 Å². The van der Waals surface area contributed by atoms with E-state index in [-0.39, 0.29) is 11.9 Å². The van der Waals surface area contributed by atoms with Crippen molar-refractivity contribution < 1.29 is 14.3 Å². The third-order valence-corrected chi connectivity index (χ3v) is 4.13. The molecule has 18 heavy (non-hydrogen) atoms. The zero-order valence-electron chi connectivity index (χ0n) is 10.4. The molecular formula is C14H17BrO3. The minimum atomic E-state index is -0.160. The minimum absolute atomic E-state index is 0.143. The molecule has 2 rings (SSSR count). The fourth-order valence-electron chi connectivity index (χ4n) is 2.13. The first kappa shape index (κ1) is 13.4. The predicted molar refractivity (Wildman–Crippen MR) is 72.5 cm³/mol. The number of hydrogen-bond acceptors (Lipinski definition) is 3. The summed E-state index contributed by atoms with van der Waals surface area (Å²) < 4.78 is 11.5. The summed E-state index contributed by atoms with van der Waals surface area (Å²) in [6, 6.07) is 7.66. The standard InChI is InChI=1S/C14H17BrO3/c1-17-14(16)11(10-5-4-6-10)9-18-13-8-3-2-7-12(13)15/h2-3,7-8,10-11H,4-6,9H2,1H3. The van der Waals surface area contributed by atoms with Crippen molar-refractivity contribution in [3.05, 3.63) is 28.7 Å². The van der Waals surface area contributed by atoms with Crippen LogP contribution in [0.5, 0.6) is 5.75 Å². The highest BCUT2D eigenvalue weighted by Crippen LogP contribution is 2.35. The number of methoxy groups -OCH3 is 1. The van der Waals surface area contributed by atoms with Gasteiger partial charge in [0.15, 0.2) is 0 Å². The van der Waals surface area contributed by atoms with Crippen molar-refractivity contribution in [2.24, 2.45) is 11.8 Å². The van der Waals surface area contributed by atoms with Crippen LogP contribution in [0.25, 0.3) is 0 Å². The molecule has 0 heterocycles. The lowest BCUT2D eigenvalue weighted by Crippen LogP contribution is -2.34. The summed E-state index contributed by atoms with van der Waals surface area (Å²) in [5, 5.41) is 0. The molecule has 1 saturated carbocycles. The molecule has 1 aliphatic rings. The van der Waals surface area contributed by atoms with Gasteiger partial charge in [0.05, 0.1) is 17.5 Å². The van der Waals surface area contributed by atoms with Gasteiger partial charge >= 0.3 is 5.97 Å². The molecule has 3 nitrogen and oxygen atoms in total. The quantitative estimate of drug-likeness (QED) is 0.782. The summed E-state index contributed by atoms with van der Waals surface area (Å²) in [4.78, 5) is 11.7. The lowest BCUT2D eigenvalue weighted by Gasteiger charge is -2.31. The average molecular weight is 313 g/mol. The average Bonchev–Trinajstić information content (AvgIpc) is 2.32. The molecule has 0 amide bonds. The van der Waals surface area contributed by atoms with Crippen LogP contribution in [0.3, 0.4) is 0 Å². The van der Waals surface area contributed by atoms with E-state index < -0.39 is 0 Å². The van der Waals surface area contributed by atoms with Gasteiger partial charge in [0, 0.05) is 0 Å². The molecule has 0 bridgehead atoms. The van der Waals surface area contributed by atoms with Gasteiger partial charge in [-0.15, -0.1) is 0 Å². The summed E-state index contributed by atoms with van der Waals surface area (Å²) in [5.74, 6) is 0.883. The second-order valence-electron chi connectivity index (χ2n) is 4.56. The van der Waals surface area contributed by atoms with Gasteiger partial charge < -0.3 is 9.47 Å². The molecule has 1 fully saturated rings. The van der Waals surface area contributed by atoms with Crippen LogP contribution in [0.15, 0.2) is 28.7 Å². The van der Waals surface area contributed by atoms with Crippen LogP contribution in [-0.2, 0) is 9.53 Å². The molecule has 0 spiro atoms. The van der Waals surface area contributed by atoms with Gasteiger partial charge in [0.25, 0.3) is 0 Å². The number of esters is 1. The number of hydrogen-bond donors (Lipinski definition) is 0. The van der Waals surface area contributed by atoms with Crippen molar-refractivity contribution in [2.75, 3.05) is 13.7 Å². The Kier molecular flexibility index (Phi) is 4.64. The van der Waals surface area contributed by atoms with Crippen LogP contribution in [0.4, 0.5) is 0 Å². The van der Waals surface area contributed by atoms with Gasteiger partial charge in [0.1, 0.15) is 12.4 Å². The third-order valence-electron chi connectivity index (χ3n) is 3.48. The van der Waals surface area contributed by atoms with E-state index in [4.69, 9.17) is 9.47 Å². The van der Waals surface area contributed by atoms with Crippen molar-refractivity contribution in [2.45, 2.75) is 19.3 Å². The van der Waals surface area contributed by atoms with Gasteiger partial charge in [-0.1, -0.05) is 18.6 Å². The maximum atomic E-state index is 11.7. The molecule has 0 aliphatic heterocycles. The monoisotopic (exact) mass is 312 g/mol. The fraction of sp³-hybridized carbons (Fsp3) is 0.500. The zero-order valence-corrected chi connectivity index (χ0v) is 12.0. The van der Waals surface area contributed by atoms with Crippen molar-refractivity contribution in [1.29, 1.82) is 0 Å². The topological polar surface area (TPSA) is 35.5 Å². The van der Waals surface area contributed by atoms with Gasteiger partial charge in [-0.3, -0.25) is 4.79 Å². The summed E-state index contributed by atoms with van der Waals surface area (Å²) in [6.45, 7) is 0.389. The molecule has 0 N–H and O–H groups in total. The molecule has 1 unspecified atom stereocenters. The lowest BCUT2D eigenvalue weighted by molar-refractivity contribution is -0.150. The van der Waals surface area contributed by atoms with E-state index in [9.17, 15) is 4.79 Å². The summed E-state index contributed by atoms with van der Waals surface area (Å²) in [6.07, 6.45) is 3.39. The van der Waals surface area contributed by atoms with Crippen molar-refractivity contribution in [3.8, 4) is 5.75 Å². The van der Waals surface area contributed by atoms with Crippen LogP contribution >= 0.6 is 15.9 Å². The Hall–Kier alpha value is -1.03. The maximum absolute atomic E-state index is 11.7. The lowest BCUT2D eigenvalue weighted by atomic mass is 9.76. The first-order chi connectivity index (χ1) is 8.72. The third kappa shape index (κ3) is 3.05. The maximum Gasteiger partial charge on any atom is 0.312 e. The highest BCUT2D eigenvalue weighted by Gasteiger charge is 2.34. The van der Waals surface area contributed by atoms with Gasteiger partial charge in [-0.05, 0) is 46.8 Å². The summed E-state index contributed by atoms with van der Waals surface area (Å²) >= 11 is 3.43. The van der Waals surface area contributed by atoms with E-state index in [0.29, 0.717) is 12.5 Å². The van der Waals surface area contributed by atoms with Crippen LogP contribution in [0.2, 0.25) is 0 Å². The summed E-state index contributed by atoms with van der Waals surface area (Å²) in [7, 11) is 1.44. The second-order valence-corrected chi connectivity index (χ2v) is 5.42. The van der Waals surface area contributed by atoms with E-state index in [1.54, 1.807) is 0 Å². The molecule has 1 aromatic carbocycles. The van der Waals surface area contributed by atoms with Crippen LogP contribution in [0.1, 0.15) is 19.3 Å². The zero-order chi connectivity index (χ0) is 13.0. The van der Waals surface area contributed by atoms with Crippen molar-refractivity contribution in [3.63, 3.8) is 0 Å². The van der Waals surface area contributed by atoms with E-state index in [0.717, 1.165) is 23.1 Å². The number of halogens is 1. The molecule has 1 aromatic rings. The number of carbonyl (C=O) groups excluding carboxylic acids is 1. The van der Waals surface area contributed by atoms with E-state index in [1.807, 2.05) is 24.3 Å². The minimum Gasteiger partial charge on any atom is -0.491 e. The number of benzene rings is 1. The first-order valence-electron chi connectivity index (χ1n) is 6.17. The Morgan fingerprint density at radius 1 is 1.44 bits per heavy atom. The highest BCUT2D eigenvalue weighted by atomic mass is 79.9. The SMILES string of the molecule is COC(=O)C(COc1ccccc1Br)C1CCC1. The van der Waals surface area contributed by atoms with Crippen LogP contribution in [-0.4, -0.2) is 19.7 Å². The van der Waals surface area contributed by atoms with Gasteiger partial charge in [-0.25, -0.2) is 0 Å². The Morgan fingerprint density at radius 3 is 2.72 bits per heavy atom. The molecule has 0 aromatic heterocycles. The van der Waals surface area contributed by atoms with E-state index in [2.05, 4.69) is 15.9 Å². The molecule has 4 heteroatoms. The Balaban J connectivity index is 1.97. The largest absolute Gasteiger partial charge is 0.491 e.